The van der Waals surface area contributed by atoms with Gasteiger partial charge >= 0.3 is 17.9 Å². The second kappa shape index (κ2) is 40.9. The van der Waals surface area contributed by atoms with Gasteiger partial charge in [-0.25, -0.2) is 0 Å². The normalized spacial score (nSPS) is 15.2. The monoisotopic (exact) mass is 945 g/mol. The highest BCUT2D eigenvalue weighted by Gasteiger charge is 2.26. The molecule has 0 heterocycles. The third kappa shape index (κ3) is 41.2. The summed E-state index contributed by atoms with van der Waals surface area (Å²) in [7, 11) is 0.867. The Bertz CT molecular complexity index is 1350. The molecule has 0 spiro atoms. The van der Waals surface area contributed by atoms with Crippen LogP contribution in [0.15, 0.2) is 48.6 Å². The number of esters is 2. The fraction of sp³-hybridized carbons (Fsp3) is 0.776. The van der Waals surface area contributed by atoms with Gasteiger partial charge in [-0.1, -0.05) is 165 Å². The Kier molecular flexibility index (Phi) is 39.5. The van der Waals surface area contributed by atoms with Crippen LogP contribution < -0.4 is 10.6 Å². The highest BCUT2D eigenvalue weighted by Crippen LogP contribution is 2.38. The number of carbonyl (C=O) groups is 3. The lowest BCUT2D eigenvalue weighted by atomic mass is 10.0. The Morgan fingerprint density at radius 2 is 1.31 bits per heavy atom. The third-order valence-corrected chi connectivity index (χ3v) is 12.7. The first-order chi connectivity index (χ1) is 30.6. The number of nitrogens with zero attached hydrogens (tertiary/aromatic N) is 1. The summed E-state index contributed by atoms with van der Waals surface area (Å²) in [5.74, 6) is -2.32. The topological polar surface area (TPSA) is 195 Å². The van der Waals surface area contributed by atoms with E-state index in [1.807, 2.05) is 45.4 Å². The zero-order chi connectivity index (χ0) is 47.7. The van der Waals surface area contributed by atoms with Gasteiger partial charge in [0.25, 0.3) is 7.82 Å². The van der Waals surface area contributed by atoms with Gasteiger partial charge in [0, 0.05) is 23.8 Å². The standard InChI is InChI=1S/C49H89N2O11PS/c1-6-8-10-12-14-16-18-20-21-22-24-26-28-30-32-37-48(55)59-40-43(41-61-63(57,58)60-39-38-51(3,4)5)62-49(56)44(50)42-64-46(45(52)34-33-36-47(53)54)35-31-29-27-25-23-19-17-15-13-11-9-7-2/h15,17,23,25,27,29,31,35,43-46,52H,6-14,16,18-22,24,26,28,30,32-34,36-42,50H2,1-5H3,(H-,53,54,57,58)/b17-15-,25-23-,29-27+,35-31+/t43-,44+,45+,46-/m1/s1. The second-order valence-electron chi connectivity index (χ2n) is 17.7. The number of carboxylic acid groups (broad SMARTS) is 1. The van der Waals surface area contributed by atoms with Crippen LogP contribution in [-0.2, 0) is 37.5 Å². The van der Waals surface area contributed by atoms with Gasteiger partial charge in [0.15, 0.2) is 6.10 Å². The maximum Gasteiger partial charge on any atom is 0.324 e. The number of hydrogen-bond acceptors (Lipinski definition) is 12. The van der Waals surface area contributed by atoms with E-state index < -0.39 is 62.4 Å². The molecule has 0 aliphatic rings. The molecule has 13 nitrogen and oxygen atoms in total. The first-order valence-corrected chi connectivity index (χ1v) is 26.8. The SMILES string of the molecule is CCCCC/C=C\C\C=C/C=C/C=C/[C@@H](SC[C@H](N)C(=O)O[C@H](COC(=O)CCCCCCCCCCCCCCCCC)COP(=O)([O-])OCC[N+](C)(C)C)[C@@H](O)CCCC(=O)O. The lowest BCUT2D eigenvalue weighted by molar-refractivity contribution is -0.870. The van der Waals surface area contributed by atoms with Gasteiger partial charge in [0.05, 0.1) is 33.9 Å². The molecule has 0 saturated heterocycles. The fourth-order valence-electron chi connectivity index (χ4n) is 6.37. The maximum absolute atomic E-state index is 13.2. The van der Waals surface area contributed by atoms with Crippen molar-refractivity contribution in [3.8, 4) is 0 Å². The second-order valence-corrected chi connectivity index (χ2v) is 20.3. The van der Waals surface area contributed by atoms with Gasteiger partial charge in [-0.3, -0.25) is 18.9 Å². The number of phosphoric acid groups is 1. The van der Waals surface area contributed by atoms with Gasteiger partial charge in [0.1, 0.15) is 25.8 Å². The minimum absolute atomic E-state index is 0.0127. The molecule has 15 heteroatoms. The highest BCUT2D eigenvalue weighted by atomic mass is 32.2. The number of aliphatic hydroxyl groups is 1. The summed E-state index contributed by atoms with van der Waals surface area (Å²) < 4.78 is 34.0. The molecular formula is C49H89N2O11PS. The molecule has 0 fully saturated rings. The number of likely N-dealkylation sites (N-methyl/N-ethyl adjacent to an activating group) is 1. The zero-order valence-corrected chi connectivity index (χ0v) is 42.1. The van der Waals surface area contributed by atoms with E-state index in [1.165, 1.54) is 102 Å². The summed E-state index contributed by atoms with van der Waals surface area (Å²) in [5, 5.41) is 19.5. The minimum Gasteiger partial charge on any atom is -0.756 e. The summed E-state index contributed by atoms with van der Waals surface area (Å²) in [6.07, 6.45) is 37.5. The van der Waals surface area contributed by atoms with Crippen LogP contribution >= 0.6 is 19.6 Å². The first-order valence-electron chi connectivity index (χ1n) is 24.3. The molecule has 0 rings (SSSR count). The van der Waals surface area contributed by atoms with E-state index in [4.69, 9.17) is 29.4 Å². The number of carbonyl (C=O) groups excluding carboxylic acids is 2. The van der Waals surface area contributed by atoms with Crippen molar-refractivity contribution in [3.05, 3.63) is 48.6 Å². The number of ether oxygens (including phenoxy) is 2. The number of carboxylic acids is 1. The molecule has 64 heavy (non-hydrogen) atoms. The third-order valence-electron chi connectivity index (χ3n) is 10.4. The quantitative estimate of drug-likeness (QED) is 0.0131. The van der Waals surface area contributed by atoms with Crippen molar-refractivity contribution in [2.45, 2.75) is 191 Å². The maximum atomic E-state index is 13.2. The van der Waals surface area contributed by atoms with Crippen molar-refractivity contribution in [1.29, 1.82) is 0 Å². The van der Waals surface area contributed by atoms with Crippen LogP contribution in [0.1, 0.15) is 168 Å². The lowest BCUT2D eigenvalue weighted by Crippen LogP contribution is -2.40. The van der Waals surface area contributed by atoms with Crippen LogP contribution in [0.3, 0.4) is 0 Å². The largest absolute Gasteiger partial charge is 0.756 e. The number of phosphoric ester groups is 1. The van der Waals surface area contributed by atoms with Gasteiger partial charge in [-0.15, -0.1) is 11.8 Å². The molecule has 0 amide bonds. The highest BCUT2D eigenvalue weighted by molar-refractivity contribution is 8.00. The number of allylic oxidation sites excluding steroid dienone is 7. The Morgan fingerprint density at radius 3 is 1.91 bits per heavy atom. The number of quaternary nitrogens is 1. The molecule has 372 valence electrons. The molecule has 0 aliphatic carbocycles. The van der Waals surface area contributed by atoms with Crippen LogP contribution in [0, 0.1) is 0 Å². The minimum atomic E-state index is -4.79. The molecule has 5 atom stereocenters. The molecule has 0 aromatic rings. The Morgan fingerprint density at radius 1 is 0.734 bits per heavy atom. The molecule has 0 radical (unpaired) electrons. The Balaban J connectivity index is 5.22. The van der Waals surface area contributed by atoms with E-state index in [9.17, 15) is 28.9 Å². The van der Waals surface area contributed by atoms with Crippen molar-refractivity contribution < 1.29 is 57.1 Å². The van der Waals surface area contributed by atoms with Crippen LogP contribution in [0.4, 0.5) is 0 Å². The van der Waals surface area contributed by atoms with E-state index in [0.29, 0.717) is 17.4 Å². The van der Waals surface area contributed by atoms with Crippen molar-refractivity contribution in [2.24, 2.45) is 5.73 Å². The molecule has 4 N–H and O–H groups in total. The number of hydrogen-bond donors (Lipinski definition) is 3. The molecular weight excluding hydrogens is 856 g/mol. The Labute approximate surface area is 392 Å². The average molecular weight is 945 g/mol. The van der Waals surface area contributed by atoms with Gasteiger partial charge in [0.2, 0.25) is 0 Å². The van der Waals surface area contributed by atoms with E-state index >= 15 is 0 Å². The average Bonchev–Trinajstić information content (AvgIpc) is 3.23. The Hall–Kier alpha value is -2.29. The van der Waals surface area contributed by atoms with Crippen molar-refractivity contribution in [2.75, 3.05) is 53.3 Å². The number of thioether (sulfide) groups is 1. The van der Waals surface area contributed by atoms with Crippen molar-refractivity contribution in [1.82, 2.24) is 0 Å². The van der Waals surface area contributed by atoms with Gasteiger partial charge in [-0.2, -0.15) is 0 Å². The molecule has 1 unspecified atom stereocenters. The van der Waals surface area contributed by atoms with E-state index in [0.717, 1.165) is 32.1 Å². The van der Waals surface area contributed by atoms with E-state index in [2.05, 4.69) is 26.0 Å². The van der Waals surface area contributed by atoms with Gasteiger partial charge < -0.3 is 43.8 Å². The van der Waals surface area contributed by atoms with E-state index in [-0.39, 0.29) is 38.0 Å². The number of aliphatic carboxylic acids is 1. The van der Waals surface area contributed by atoms with E-state index in [1.54, 1.807) is 12.2 Å². The van der Waals surface area contributed by atoms with Crippen LogP contribution in [0.5, 0.6) is 0 Å². The molecule has 0 bridgehead atoms. The van der Waals surface area contributed by atoms with Crippen molar-refractivity contribution in [3.63, 3.8) is 0 Å². The molecule has 0 aromatic carbocycles. The molecule has 0 aromatic heterocycles. The fourth-order valence-corrected chi connectivity index (χ4v) is 8.23. The molecule has 0 aliphatic heterocycles. The smallest absolute Gasteiger partial charge is 0.324 e. The number of unbranched alkanes of at least 4 members (excludes halogenated alkanes) is 17. The number of rotatable bonds is 44. The molecule has 0 saturated carbocycles. The summed E-state index contributed by atoms with van der Waals surface area (Å²) in [6, 6.07) is -1.20. The number of nitrogens with two attached hydrogens (primary N) is 1. The van der Waals surface area contributed by atoms with Crippen LogP contribution in [0.2, 0.25) is 0 Å². The number of aliphatic hydroxyl groups excluding tert-OH is 1. The lowest BCUT2D eigenvalue weighted by Gasteiger charge is -2.28. The predicted molar refractivity (Wildman–Crippen MR) is 260 cm³/mol. The first kappa shape index (κ1) is 61.7. The zero-order valence-electron chi connectivity index (χ0n) is 40.4. The predicted octanol–water partition coefficient (Wildman–Crippen LogP) is 10.2. The van der Waals surface area contributed by atoms with Crippen LogP contribution in [0.25, 0.3) is 0 Å². The summed E-state index contributed by atoms with van der Waals surface area (Å²) in [5.41, 5.74) is 6.24. The summed E-state index contributed by atoms with van der Waals surface area (Å²) in [4.78, 5) is 49.5. The van der Waals surface area contributed by atoms with Crippen molar-refractivity contribution >= 4 is 37.5 Å². The summed E-state index contributed by atoms with van der Waals surface area (Å²) in [6.45, 7) is 3.62. The van der Waals surface area contributed by atoms with Crippen LogP contribution in [-0.4, -0.2) is 109 Å². The summed E-state index contributed by atoms with van der Waals surface area (Å²) >= 11 is 1.20. The van der Waals surface area contributed by atoms with Gasteiger partial charge in [-0.05, 0) is 38.5 Å².